The van der Waals surface area contributed by atoms with Gasteiger partial charge >= 0.3 is 12.1 Å². The number of ether oxygens (including phenoxy) is 1. The van der Waals surface area contributed by atoms with Gasteiger partial charge < -0.3 is 9.57 Å². The van der Waals surface area contributed by atoms with Gasteiger partial charge in [0.15, 0.2) is 0 Å². The zero-order valence-electron chi connectivity index (χ0n) is 10.3. The number of nitrogens with zero attached hydrogens (tertiary/aromatic N) is 1. The summed E-state index contributed by atoms with van der Waals surface area (Å²) in [6.45, 7) is -2.67. The van der Waals surface area contributed by atoms with Crippen LogP contribution in [0.4, 0.5) is 13.2 Å². The monoisotopic (exact) mass is 303 g/mol. The molecule has 2 amide bonds. The van der Waals surface area contributed by atoms with Gasteiger partial charge in [0, 0.05) is 0 Å². The smallest absolute Gasteiger partial charge is 0.360 e. The number of hydrogen-bond acceptors (Lipinski definition) is 5. The lowest BCUT2D eigenvalue weighted by Crippen LogP contribution is -2.34. The number of halogens is 3. The molecule has 6 nitrogen and oxygen atoms in total. The van der Waals surface area contributed by atoms with E-state index in [9.17, 15) is 27.6 Å². The topological polar surface area (TPSA) is 72.9 Å². The molecule has 0 spiro atoms. The zero-order valence-corrected chi connectivity index (χ0v) is 10.3. The number of alkyl halides is 3. The van der Waals surface area contributed by atoms with Gasteiger partial charge in [0.2, 0.25) is 0 Å². The van der Waals surface area contributed by atoms with Crippen LogP contribution in [0.25, 0.3) is 0 Å². The maximum absolute atomic E-state index is 11.8. The Morgan fingerprint density at radius 3 is 2.10 bits per heavy atom. The predicted octanol–water partition coefficient (Wildman–Crippen LogP) is 1.32. The third kappa shape index (κ3) is 3.37. The van der Waals surface area contributed by atoms with E-state index < -0.39 is 37.2 Å². The first-order chi connectivity index (χ1) is 9.79. The normalized spacial score (nSPS) is 14.3. The van der Waals surface area contributed by atoms with E-state index in [0.29, 0.717) is 0 Å². The summed E-state index contributed by atoms with van der Waals surface area (Å²) in [7, 11) is 0. The highest BCUT2D eigenvalue weighted by molar-refractivity contribution is 6.20. The molecule has 1 aromatic rings. The van der Waals surface area contributed by atoms with Crippen LogP contribution in [0.3, 0.4) is 0 Å². The number of carbonyl (C=O) groups is 3. The molecule has 0 unspecified atom stereocenters. The molecule has 1 heterocycles. The van der Waals surface area contributed by atoms with Gasteiger partial charge in [-0.1, -0.05) is 17.2 Å². The minimum absolute atomic E-state index is 0.0477. The van der Waals surface area contributed by atoms with Crippen LogP contribution in [-0.4, -0.2) is 42.2 Å². The summed E-state index contributed by atoms with van der Waals surface area (Å²) in [6, 6.07) is 5.76. The standard InChI is InChI=1S/C12H8F3NO5/c13-12(14,15)6-20-5-9(17)21-16-10(18)7-3-1-2-4-8(7)11(16)19/h1-4H,5-6H2. The van der Waals surface area contributed by atoms with Crippen molar-refractivity contribution in [2.45, 2.75) is 6.18 Å². The number of hydrogen-bond donors (Lipinski definition) is 0. The Kier molecular flexibility index (Phi) is 3.94. The fourth-order valence-corrected chi connectivity index (χ4v) is 1.63. The van der Waals surface area contributed by atoms with Gasteiger partial charge in [-0.3, -0.25) is 9.59 Å². The summed E-state index contributed by atoms with van der Waals surface area (Å²) in [5.74, 6) is -3.01. The SMILES string of the molecule is O=C(COCC(F)(F)F)ON1C(=O)c2ccccc2C1=O. The summed E-state index contributed by atoms with van der Waals surface area (Å²) >= 11 is 0. The summed E-state index contributed by atoms with van der Waals surface area (Å²) in [6.07, 6.45) is -4.59. The molecular weight excluding hydrogens is 295 g/mol. The van der Waals surface area contributed by atoms with Crippen LogP contribution < -0.4 is 0 Å². The highest BCUT2D eigenvalue weighted by Crippen LogP contribution is 2.22. The Morgan fingerprint density at radius 1 is 1.10 bits per heavy atom. The number of fused-ring (bicyclic) bond motifs is 1. The van der Waals surface area contributed by atoms with Gasteiger partial charge in [0.1, 0.15) is 13.2 Å². The quantitative estimate of drug-likeness (QED) is 0.784. The summed E-state index contributed by atoms with van der Waals surface area (Å²) < 4.78 is 39.5. The van der Waals surface area contributed by atoms with E-state index in [1.165, 1.54) is 24.3 Å². The highest BCUT2D eigenvalue weighted by Gasteiger charge is 2.38. The van der Waals surface area contributed by atoms with Crippen molar-refractivity contribution in [2.24, 2.45) is 0 Å². The third-order valence-corrected chi connectivity index (χ3v) is 2.44. The minimum atomic E-state index is -4.59. The molecule has 1 aliphatic heterocycles. The van der Waals surface area contributed by atoms with Crippen LogP contribution >= 0.6 is 0 Å². The number of benzene rings is 1. The fourth-order valence-electron chi connectivity index (χ4n) is 1.63. The van der Waals surface area contributed by atoms with Crippen LogP contribution in [0, 0.1) is 0 Å². The average molecular weight is 303 g/mol. The second-order valence-electron chi connectivity index (χ2n) is 4.02. The van der Waals surface area contributed by atoms with Crippen molar-refractivity contribution < 1.29 is 37.1 Å². The third-order valence-electron chi connectivity index (χ3n) is 2.44. The van der Waals surface area contributed by atoms with Gasteiger partial charge in [-0.2, -0.15) is 13.2 Å². The molecule has 1 aliphatic rings. The van der Waals surface area contributed by atoms with E-state index in [-0.39, 0.29) is 16.2 Å². The molecule has 0 saturated heterocycles. The van der Waals surface area contributed by atoms with Crippen LogP contribution in [-0.2, 0) is 14.4 Å². The van der Waals surface area contributed by atoms with Crippen molar-refractivity contribution in [1.82, 2.24) is 5.06 Å². The van der Waals surface area contributed by atoms with Crippen LogP contribution in [0.2, 0.25) is 0 Å². The summed E-state index contributed by atoms with van der Waals surface area (Å²) in [5.41, 5.74) is 0.0954. The molecule has 112 valence electrons. The molecule has 0 N–H and O–H groups in total. The van der Waals surface area contributed by atoms with Crippen LogP contribution in [0.15, 0.2) is 24.3 Å². The average Bonchev–Trinajstić information content (AvgIpc) is 2.63. The van der Waals surface area contributed by atoms with E-state index >= 15 is 0 Å². The molecule has 0 radical (unpaired) electrons. The second-order valence-corrected chi connectivity index (χ2v) is 4.02. The fraction of sp³-hybridized carbons (Fsp3) is 0.250. The van der Waals surface area contributed by atoms with Crippen molar-refractivity contribution in [3.05, 3.63) is 35.4 Å². The molecule has 0 atom stereocenters. The van der Waals surface area contributed by atoms with Crippen molar-refractivity contribution >= 4 is 17.8 Å². The summed E-state index contributed by atoms with van der Waals surface area (Å²) in [5, 5.41) is 0.198. The lowest BCUT2D eigenvalue weighted by Gasteiger charge is -2.13. The molecule has 9 heteroatoms. The lowest BCUT2D eigenvalue weighted by molar-refractivity contribution is -0.191. The van der Waals surface area contributed by atoms with Gasteiger partial charge in [0.25, 0.3) is 11.8 Å². The van der Waals surface area contributed by atoms with E-state index in [4.69, 9.17) is 0 Å². The number of imide groups is 1. The van der Waals surface area contributed by atoms with Gasteiger partial charge in [-0.25, -0.2) is 4.79 Å². The molecular formula is C12H8F3NO5. The van der Waals surface area contributed by atoms with E-state index in [2.05, 4.69) is 9.57 Å². The first-order valence-electron chi connectivity index (χ1n) is 5.63. The largest absolute Gasteiger partial charge is 0.411 e. The number of carbonyl (C=O) groups excluding carboxylic acids is 3. The molecule has 0 aromatic heterocycles. The van der Waals surface area contributed by atoms with Crippen molar-refractivity contribution in [3.63, 3.8) is 0 Å². The molecule has 2 rings (SSSR count). The maximum atomic E-state index is 11.8. The highest BCUT2D eigenvalue weighted by atomic mass is 19.4. The Morgan fingerprint density at radius 2 is 1.62 bits per heavy atom. The molecule has 0 saturated carbocycles. The number of amides is 2. The maximum Gasteiger partial charge on any atom is 0.411 e. The molecule has 1 aromatic carbocycles. The predicted molar refractivity (Wildman–Crippen MR) is 59.9 cm³/mol. The second kappa shape index (κ2) is 5.52. The van der Waals surface area contributed by atoms with Gasteiger partial charge in [-0.05, 0) is 12.1 Å². The molecule has 0 aliphatic carbocycles. The van der Waals surface area contributed by atoms with Gasteiger partial charge in [0.05, 0.1) is 11.1 Å². The molecule has 0 bridgehead atoms. The Labute approximate surface area is 116 Å². The Hall–Kier alpha value is -2.42. The summed E-state index contributed by atoms with van der Waals surface area (Å²) in [4.78, 5) is 39.3. The van der Waals surface area contributed by atoms with Crippen molar-refractivity contribution in [3.8, 4) is 0 Å². The van der Waals surface area contributed by atoms with Crippen molar-refractivity contribution in [1.29, 1.82) is 0 Å². The number of hydroxylamine groups is 2. The Bertz CT molecular complexity index is 564. The molecule has 21 heavy (non-hydrogen) atoms. The van der Waals surface area contributed by atoms with Gasteiger partial charge in [-0.15, -0.1) is 0 Å². The van der Waals surface area contributed by atoms with E-state index in [0.717, 1.165) is 0 Å². The van der Waals surface area contributed by atoms with E-state index in [1.807, 2.05) is 0 Å². The van der Waals surface area contributed by atoms with Crippen molar-refractivity contribution in [2.75, 3.05) is 13.2 Å². The van der Waals surface area contributed by atoms with E-state index in [1.54, 1.807) is 0 Å². The molecule has 0 fully saturated rings. The van der Waals surface area contributed by atoms with Crippen LogP contribution in [0.1, 0.15) is 20.7 Å². The Balaban J connectivity index is 1.94. The first kappa shape index (κ1) is 15.0. The zero-order chi connectivity index (χ0) is 15.6. The first-order valence-corrected chi connectivity index (χ1v) is 5.63. The lowest BCUT2D eigenvalue weighted by atomic mass is 10.1. The van der Waals surface area contributed by atoms with Crippen LogP contribution in [0.5, 0.6) is 0 Å². The number of rotatable bonds is 4. The minimum Gasteiger partial charge on any atom is -0.360 e.